The summed E-state index contributed by atoms with van der Waals surface area (Å²) in [4.78, 5) is 24.0. The summed E-state index contributed by atoms with van der Waals surface area (Å²) in [6.07, 6.45) is 0. The third-order valence-electron chi connectivity index (χ3n) is 3.39. The molecule has 0 unspecified atom stereocenters. The number of nitrogens with one attached hydrogen (secondary N) is 2. The van der Waals surface area contributed by atoms with Gasteiger partial charge in [-0.05, 0) is 36.8 Å². The Morgan fingerprint density at radius 1 is 1.00 bits per heavy atom. The van der Waals surface area contributed by atoms with Crippen LogP contribution in [0.4, 0.5) is 11.4 Å². The number of rotatable bonds is 7. The number of ether oxygens (including phenoxy) is 1. The molecule has 5 nitrogen and oxygen atoms in total. The molecule has 2 N–H and O–H groups in total. The molecule has 0 aliphatic carbocycles. The predicted molar refractivity (Wildman–Crippen MR) is 104 cm³/mol. The highest BCUT2D eigenvalue weighted by Gasteiger charge is 2.10. The zero-order valence-electron chi connectivity index (χ0n) is 14.0. The molecule has 25 heavy (non-hydrogen) atoms. The van der Waals surface area contributed by atoms with Crippen LogP contribution in [0.25, 0.3) is 0 Å². The molecule has 0 radical (unpaired) electrons. The third kappa shape index (κ3) is 5.69. The minimum Gasteiger partial charge on any atom is -0.495 e. The molecule has 0 atom stereocenters. The summed E-state index contributed by atoms with van der Waals surface area (Å²) in [7, 11) is 1.54. The fourth-order valence-electron chi connectivity index (χ4n) is 2.10. The van der Waals surface area contributed by atoms with Crippen molar-refractivity contribution in [2.45, 2.75) is 6.92 Å². The van der Waals surface area contributed by atoms with Gasteiger partial charge in [0.05, 0.1) is 24.3 Å². The van der Waals surface area contributed by atoms with Crippen molar-refractivity contribution in [3.05, 3.63) is 53.1 Å². The Hall–Kier alpha value is -2.18. The zero-order valence-corrected chi connectivity index (χ0v) is 15.5. The summed E-state index contributed by atoms with van der Waals surface area (Å²) in [6.45, 7) is 1.84. The van der Waals surface area contributed by atoms with Crippen LogP contribution in [0.3, 0.4) is 0 Å². The number of benzene rings is 2. The Morgan fingerprint density at radius 3 is 2.28 bits per heavy atom. The van der Waals surface area contributed by atoms with Crippen molar-refractivity contribution in [3.8, 4) is 5.75 Å². The van der Waals surface area contributed by atoms with Crippen LogP contribution in [0.15, 0.2) is 42.5 Å². The molecular weight excluding hydrogens is 360 g/mol. The lowest BCUT2D eigenvalue weighted by Gasteiger charge is -2.10. The van der Waals surface area contributed by atoms with Crippen LogP contribution in [0.2, 0.25) is 5.02 Å². The Bertz CT molecular complexity index is 768. The monoisotopic (exact) mass is 378 g/mol. The van der Waals surface area contributed by atoms with Gasteiger partial charge in [-0.25, -0.2) is 0 Å². The minimum atomic E-state index is -0.193. The molecule has 0 saturated carbocycles. The zero-order chi connectivity index (χ0) is 18.2. The molecule has 0 saturated heterocycles. The van der Waals surface area contributed by atoms with Gasteiger partial charge < -0.3 is 15.4 Å². The maximum atomic E-state index is 12.0. The first-order valence-electron chi connectivity index (χ1n) is 7.57. The van der Waals surface area contributed by atoms with Crippen molar-refractivity contribution in [1.29, 1.82) is 0 Å². The number of hydrogen-bond donors (Lipinski definition) is 2. The molecule has 2 aromatic rings. The van der Waals surface area contributed by atoms with Gasteiger partial charge in [0.2, 0.25) is 11.8 Å². The summed E-state index contributed by atoms with van der Waals surface area (Å²) in [5, 5.41) is 6.16. The van der Waals surface area contributed by atoms with Crippen molar-refractivity contribution in [3.63, 3.8) is 0 Å². The van der Waals surface area contributed by atoms with Crippen molar-refractivity contribution < 1.29 is 14.3 Å². The lowest BCUT2D eigenvalue weighted by molar-refractivity contribution is -0.114. The van der Waals surface area contributed by atoms with Crippen LogP contribution in [-0.4, -0.2) is 30.4 Å². The summed E-state index contributed by atoms with van der Waals surface area (Å²) in [5.74, 6) is 0.558. The Kier molecular flexibility index (Phi) is 7.16. The number of hydrogen-bond acceptors (Lipinski definition) is 4. The molecule has 0 aliphatic heterocycles. The van der Waals surface area contributed by atoms with Crippen molar-refractivity contribution in [2.24, 2.45) is 0 Å². The van der Waals surface area contributed by atoms with Gasteiger partial charge >= 0.3 is 0 Å². The molecular formula is C18H19ClN2O3S. The average molecular weight is 379 g/mol. The van der Waals surface area contributed by atoms with E-state index in [9.17, 15) is 9.59 Å². The quantitative estimate of drug-likeness (QED) is 0.765. The van der Waals surface area contributed by atoms with Crippen LogP contribution in [0, 0.1) is 6.92 Å². The fourth-order valence-corrected chi connectivity index (χ4v) is 2.89. The SMILES string of the molecule is COc1ccccc1NC(=O)CSCC(=O)Nc1cccc(Cl)c1C. The van der Waals surface area contributed by atoms with E-state index < -0.39 is 0 Å². The van der Waals surface area contributed by atoms with E-state index in [1.807, 2.05) is 19.1 Å². The number of carbonyl (C=O) groups excluding carboxylic acids is 2. The Balaban J connectivity index is 1.79. The van der Waals surface area contributed by atoms with Gasteiger partial charge in [0.15, 0.2) is 0 Å². The first kappa shape index (κ1) is 19.1. The third-order valence-corrected chi connectivity index (χ3v) is 4.73. The van der Waals surface area contributed by atoms with E-state index in [1.54, 1.807) is 37.4 Å². The molecule has 0 heterocycles. The second kappa shape index (κ2) is 9.34. The van der Waals surface area contributed by atoms with Crippen molar-refractivity contribution >= 4 is 46.6 Å². The molecule has 2 aromatic carbocycles. The predicted octanol–water partition coefficient (Wildman–Crippen LogP) is 3.97. The van der Waals surface area contributed by atoms with Crippen LogP contribution >= 0.6 is 23.4 Å². The van der Waals surface area contributed by atoms with Gasteiger partial charge in [0, 0.05) is 10.7 Å². The standard InChI is InChI=1S/C18H19ClN2O3S/c1-12-13(19)6-5-8-14(12)20-17(22)10-25-11-18(23)21-15-7-3-4-9-16(15)24-2/h3-9H,10-11H2,1-2H3,(H,20,22)(H,21,23). The summed E-state index contributed by atoms with van der Waals surface area (Å²) < 4.78 is 5.18. The lowest BCUT2D eigenvalue weighted by Crippen LogP contribution is -2.19. The van der Waals surface area contributed by atoms with E-state index in [2.05, 4.69) is 10.6 Å². The van der Waals surface area contributed by atoms with E-state index in [4.69, 9.17) is 16.3 Å². The first-order chi connectivity index (χ1) is 12.0. The molecule has 132 valence electrons. The first-order valence-corrected chi connectivity index (χ1v) is 9.10. The second-order valence-corrected chi connectivity index (χ2v) is 6.59. The molecule has 2 rings (SSSR count). The Morgan fingerprint density at radius 2 is 1.60 bits per heavy atom. The van der Waals surface area contributed by atoms with Gasteiger partial charge in [-0.15, -0.1) is 11.8 Å². The number of halogens is 1. The van der Waals surface area contributed by atoms with Gasteiger partial charge in [0.25, 0.3) is 0 Å². The molecule has 0 fully saturated rings. The van der Waals surface area contributed by atoms with E-state index >= 15 is 0 Å². The number of anilines is 2. The van der Waals surface area contributed by atoms with Crippen LogP contribution < -0.4 is 15.4 Å². The highest BCUT2D eigenvalue weighted by Crippen LogP contribution is 2.24. The van der Waals surface area contributed by atoms with E-state index in [0.29, 0.717) is 22.1 Å². The maximum absolute atomic E-state index is 12.0. The number of methoxy groups -OCH3 is 1. The van der Waals surface area contributed by atoms with Crippen molar-refractivity contribution in [2.75, 3.05) is 29.2 Å². The minimum absolute atomic E-state index is 0.167. The van der Waals surface area contributed by atoms with Gasteiger partial charge in [-0.3, -0.25) is 9.59 Å². The molecule has 0 bridgehead atoms. The number of carbonyl (C=O) groups is 2. The van der Waals surface area contributed by atoms with E-state index in [0.717, 1.165) is 5.56 Å². The molecule has 0 aliphatic rings. The maximum Gasteiger partial charge on any atom is 0.234 e. The number of thioether (sulfide) groups is 1. The average Bonchev–Trinajstić information content (AvgIpc) is 2.59. The molecule has 2 amide bonds. The van der Waals surface area contributed by atoms with Crippen LogP contribution in [0.1, 0.15) is 5.56 Å². The van der Waals surface area contributed by atoms with E-state index in [1.165, 1.54) is 11.8 Å². The topological polar surface area (TPSA) is 67.4 Å². The summed E-state index contributed by atoms with van der Waals surface area (Å²) >= 11 is 7.26. The fraction of sp³-hybridized carbons (Fsp3) is 0.222. The van der Waals surface area contributed by atoms with Gasteiger partial charge in [-0.2, -0.15) is 0 Å². The largest absolute Gasteiger partial charge is 0.495 e. The molecule has 0 aromatic heterocycles. The normalized spacial score (nSPS) is 10.2. The summed E-state index contributed by atoms with van der Waals surface area (Å²) in [6, 6.07) is 12.5. The van der Waals surface area contributed by atoms with Gasteiger partial charge in [-0.1, -0.05) is 29.8 Å². The van der Waals surface area contributed by atoms with Crippen LogP contribution in [0.5, 0.6) is 5.75 Å². The molecule has 7 heteroatoms. The number of amides is 2. The smallest absolute Gasteiger partial charge is 0.234 e. The van der Waals surface area contributed by atoms with Crippen molar-refractivity contribution in [1.82, 2.24) is 0 Å². The Labute approximate surface area is 156 Å². The summed E-state index contributed by atoms with van der Waals surface area (Å²) in [5.41, 5.74) is 2.10. The van der Waals surface area contributed by atoms with Gasteiger partial charge in [0.1, 0.15) is 5.75 Å². The lowest BCUT2D eigenvalue weighted by atomic mass is 10.2. The van der Waals surface area contributed by atoms with E-state index in [-0.39, 0.29) is 23.3 Å². The highest BCUT2D eigenvalue weighted by molar-refractivity contribution is 8.00. The van der Waals surface area contributed by atoms with Crippen LogP contribution in [-0.2, 0) is 9.59 Å². The number of para-hydroxylation sites is 2. The second-order valence-electron chi connectivity index (χ2n) is 5.20. The highest BCUT2D eigenvalue weighted by atomic mass is 35.5. The molecule has 0 spiro atoms.